The fourth-order valence-corrected chi connectivity index (χ4v) is 1.67. The first-order valence-electron chi connectivity index (χ1n) is 8.52. The normalized spacial score (nSPS) is 9.12. The first kappa shape index (κ1) is 22.0. The molecule has 0 N–H and O–H groups in total. The molecule has 0 bridgehead atoms. The van der Waals surface area contributed by atoms with Gasteiger partial charge in [0.1, 0.15) is 0 Å². The zero-order chi connectivity index (χ0) is 18.9. The van der Waals surface area contributed by atoms with Crippen molar-refractivity contribution in [2.24, 2.45) is 0 Å². The Balaban J connectivity index is 0.000000614. The lowest BCUT2D eigenvalue weighted by Gasteiger charge is -1.92. The van der Waals surface area contributed by atoms with E-state index in [0.29, 0.717) is 5.56 Å². The quantitative estimate of drug-likeness (QED) is 0.437. The number of allylic oxidation sites excluding steroid dienone is 4. The molecular weight excluding hydrogens is 302 g/mol. The Morgan fingerprint density at radius 2 is 1.28 bits per heavy atom. The molecule has 0 heterocycles. The summed E-state index contributed by atoms with van der Waals surface area (Å²) in [4.78, 5) is 0. The van der Waals surface area contributed by atoms with Crippen LogP contribution in [0.5, 0.6) is 0 Å². The Labute approximate surface area is 153 Å². The highest BCUT2D eigenvalue weighted by molar-refractivity contribution is 5.46. The molecule has 2 rings (SSSR count). The molecule has 1 nitrogen and oxygen atoms in total. The maximum atomic E-state index is 8.78. The van der Waals surface area contributed by atoms with Gasteiger partial charge in [0.05, 0.1) is 11.6 Å². The Kier molecular flexibility index (Phi) is 12.8. The van der Waals surface area contributed by atoms with E-state index in [-0.39, 0.29) is 0 Å². The number of hydrogen-bond acceptors (Lipinski definition) is 1. The van der Waals surface area contributed by atoms with Crippen LogP contribution >= 0.6 is 0 Å². The summed E-state index contributed by atoms with van der Waals surface area (Å²) in [5, 5.41) is 8.78. The van der Waals surface area contributed by atoms with Crippen LogP contribution in [0.1, 0.15) is 49.9 Å². The van der Waals surface area contributed by atoms with Crippen molar-refractivity contribution >= 4 is 0 Å². The van der Waals surface area contributed by atoms with Gasteiger partial charge in [-0.25, -0.2) is 0 Å². The van der Waals surface area contributed by atoms with Gasteiger partial charge in [0.25, 0.3) is 0 Å². The molecule has 0 saturated carbocycles. The third kappa shape index (κ3) is 10.4. The van der Waals surface area contributed by atoms with Crippen LogP contribution in [0.3, 0.4) is 0 Å². The highest BCUT2D eigenvalue weighted by atomic mass is 14.2. The van der Waals surface area contributed by atoms with Gasteiger partial charge in [0.15, 0.2) is 0 Å². The Morgan fingerprint density at radius 3 is 1.80 bits per heavy atom. The molecule has 0 aromatic heterocycles. The summed E-state index contributed by atoms with van der Waals surface area (Å²) in [6.07, 6.45) is 8.00. The van der Waals surface area contributed by atoms with Crippen molar-refractivity contribution in [3.63, 3.8) is 0 Å². The van der Waals surface area contributed by atoms with Gasteiger partial charge in [-0.3, -0.25) is 0 Å². The Bertz CT molecular complexity index is 750. The molecule has 0 spiro atoms. The van der Waals surface area contributed by atoms with Crippen molar-refractivity contribution in [1.29, 1.82) is 5.26 Å². The molecule has 0 radical (unpaired) electrons. The molecule has 0 aliphatic carbocycles. The van der Waals surface area contributed by atoms with E-state index in [0.717, 1.165) is 11.1 Å². The van der Waals surface area contributed by atoms with E-state index in [1.807, 2.05) is 95.3 Å². The van der Waals surface area contributed by atoms with E-state index < -0.39 is 0 Å². The Hall–Kier alpha value is -3.03. The summed E-state index contributed by atoms with van der Waals surface area (Å²) in [6.45, 7) is 10.0. The first-order valence-corrected chi connectivity index (χ1v) is 8.52. The van der Waals surface area contributed by atoms with Crippen molar-refractivity contribution in [2.45, 2.75) is 34.6 Å². The average Bonchev–Trinajstić information content (AvgIpc) is 2.68. The van der Waals surface area contributed by atoms with Gasteiger partial charge in [-0.05, 0) is 51.1 Å². The van der Waals surface area contributed by atoms with Gasteiger partial charge in [0.2, 0.25) is 0 Å². The fraction of sp³-hybridized carbons (Fsp3) is 0.208. The highest BCUT2D eigenvalue weighted by Crippen LogP contribution is 2.04. The Morgan fingerprint density at radius 1 is 0.760 bits per heavy atom. The molecule has 128 valence electrons. The van der Waals surface area contributed by atoms with Crippen molar-refractivity contribution in [3.8, 4) is 17.9 Å². The van der Waals surface area contributed by atoms with E-state index >= 15 is 0 Å². The summed E-state index contributed by atoms with van der Waals surface area (Å²) in [5.74, 6) is 6.13. The molecule has 0 atom stereocenters. The number of hydrogen-bond donors (Lipinski definition) is 0. The standard InChI is InChI=1S/C16H11N.C6H10.C2H6/c1-13-5-7-14(8-6-13)9-10-15-3-2-4-16(11-15)12-17;1-3-5-6-4-2;1-2/h2-8,11H,1H3;3-6H,1-2H3;1-2H3/b;5-3-,6-4-;. The maximum absolute atomic E-state index is 8.78. The van der Waals surface area contributed by atoms with Crippen molar-refractivity contribution in [2.75, 3.05) is 0 Å². The number of nitriles is 1. The lowest BCUT2D eigenvalue weighted by atomic mass is 10.1. The summed E-state index contributed by atoms with van der Waals surface area (Å²) < 4.78 is 0. The fourth-order valence-electron chi connectivity index (χ4n) is 1.67. The third-order valence-electron chi connectivity index (χ3n) is 2.89. The van der Waals surface area contributed by atoms with Crippen molar-refractivity contribution in [3.05, 3.63) is 95.1 Å². The van der Waals surface area contributed by atoms with Crippen LogP contribution in [0, 0.1) is 30.1 Å². The van der Waals surface area contributed by atoms with Gasteiger partial charge in [-0.15, -0.1) is 0 Å². The van der Waals surface area contributed by atoms with Crippen molar-refractivity contribution in [1.82, 2.24) is 0 Å². The first-order chi connectivity index (χ1) is 12.2. The highest BCUT2D eigenvalue weighted by Gasteiger charge is 1.91. The lowest BCUT2D eigenvalue weighted by Crippen LogP contribution is -1.79. The monoisotopic (exact) mass is 329 g/mol. The van der Waals surface area contributed by atoms with Crippen molar-refractivity contribution < 1.29 is 0 Å². The molecule has 0 amide bonds. The molecule has 25 heavy (non-hydrogen) atoms. The van der Waals surface area contributed by atoms with E-state index in [1.165, 1.54) is 5.56 Å². The van der Waals surface area contributed by atoms with Gasteiger partial charge >= 0.3 is 0 Å². The second kappa shape index (κ2) is 14.6. The topological polar surface area (TPSA) is 23.8 Å². The third-order valence-corrected chi connectivity index (χ3v) is 2.89. The predicted molar refractivity (Wildman–Crippen MR) is 109 cm³/mol. The van der Waals surface area contributed by atoms with Crippen LogP contribution in [0.15, 0.2) is 72.8 Å². The van der Waals surface area contributed by atoms with Crippen LogP contribution < -0.4 is 0 Å². The van der Waals surface area contributed by atoms with E-state index in [4.69, 9.17) is 5.26 Å². The summed E-state index contributed by atoms with van der Waals surface area (Å²) in [5.41, 5.74) is 3.71. The number of nitrogens with zero attached hydrogens (tertiary/aromatic N) is 1. The van der Waals surface area contributed by atoms with Crippen LogP contribution in [0.25, 0.3) is 0 Å². The molecule has 0 unspecified atom stereocenters. The zero-order valence-electron chi connectivity index (χ0n) is 15.9. The predicted octanol–water partition coefficient (Wildman–Crippen LogP) is 6.43. The van der Waals surface area contributed by atoms with Gasteiger partial charge in [0, 0.05) is 11.1 Å². The minimum atomic E-state index is 0.640. The SMILES string of the molecule is C/C=C\C=C/C.CC.Cc1ccc(C#Cc2cccc(C#N)c2)cc1. The molecule has 2 aromatic rings. The minimum Gasteiger partial charge on any atom is -0.192 e. The second-order valence-corrected chi connectivity index (χ2v) is 4.86. The van der Waals surface area contributed by atoms with Crippen LogP contribution in [0.4, 0.5) is 0 Å². The molecular formula is C24H27N. The summed E-state index contributed by atoms with van der Waals surface area (Å²) in [7, 11) is 0. The number of rotatable bonds is 1. The summed E-state index contributed by atoms with van der Waals surface area (Å²) in [6, 6.07) is 17.5. The second-order valence-electron chi connectivity index (χ2n) is 4.86. The van der Waals surface area contributed by atoms with Crippen LogP contribution in [-0.2, 0) is 0 Å². The smallest absolute Gasteiger partial charge is 0.0992 e. The average molecular weight is 329 g/mol. The maximum Gasteiger partial charge on any atom is 0.0992 e. The molecule has 0 aliphatic heterocycles. The number of benzene rings is 2. The largest absolute Gasteiger partial charge is 0.192 e. The molecule has 0 saturated heterocycles. The molecule has 2 aromatic carbocycles. The minimum absolute atomic E-state index is 0.640. The van der Waals surface area contributed by atoms with E-state index in [9.17, 15) is 0 Å². The van der Waals surface area contributed by atoms with Gasteiger partial charge in [-0.2, -0.15) is 5.26 Å². The van der Waals surface area contributed by atoms with Crippen LogP contribution in [-0.4, -0.2) is 0 Å². The number of aryl methyl sites for hydroxylation is 1. The molecule has 0 aliphatic rings. The zero-order valence-corrected chi connectivity index (χ0v) is 15.9. The van der Waals surface area contributed by atoms with E-state index in [2.05, 4.69) is 17.9 Å². The van der Waals surface area contributed by atoms with E-state index in [1.54, 1.807) is 12.1 Å². The summed E-state index contributed by atoms with van der Waals surface area (Å²) >= 11 is 0. The molecule has 0 fully saturated rings. The lowest BCUT2D eigenvalue weighted by molar-refractivity contribution is 1.46. The van der Waals surface area contributed by atoms with Crippen LogP contribution in [0.2, 0.25) is 0 Å². The van der Waals surface area contributed by atoms with Gasteiger partial charge in [-0.1, -0.05) is 73.8 Å². The van der Waals surface area contributed by atoms with Gasteiger partial charge < -0.3 is 0 Å². The molecule has 1 heteroatoms.